The Hall–Kier alpha value is 1.00. The molecule has 68 valence electrons. The van der Waals surface area contributed by atoms with Gasteiger partial charge in [0.1, 0.15) is 5.60 Å². The zero-order valence-corrected chi connectivity index (χ0v) is 12.0. The Morgan fingerprint density at radius 3 is 1.55 bits per heavy atom. The van der Waals surface area contributed by atoms with Gasteiger partial charge in [-0.2, -0.15) is 0 Å². The lowest BCUT2D eigenvalue weighted by molar-refractivity contribution is 0.00742. The molecule has 0 atom stereocenters. The van der Waals surface area contributed by atoms with Crippen LogP contribution in [-0.2, 0) is 4.74 Å². The maximum absolute atomic E-state index is 5.38. The zero-order chi connectivity index (χ0) is 7.12. The van der Waals surface area contributed by atoms with E-state index < -0.39 is 0 Å². The number of hydrogen-bond donors (Lipinski definition) is 0. The van der Waals surface area contributed by atoms with Gasteiger partial charge in [-0.3, -0.25) is 0 Å². The van der Waals surface area contributed by atoms with E-state index in [0.29, 0.717) is 0 Å². The van der Waals surface area contributed by atoms with Crippen LogP contribution >= 0.6 is 48.0 Å². The molecule has 0 aliphatic carbocycles. The molecule has 0 saturated carbocycles. The molecular formula is C8H16I2O. The number of halogens is 2. The molecule has 0 bridgehead atoms. The van der Waals surface area contributed by atoms with E-state index in [0.717, 1.165) is 0 Å². The zero-order valence-electron chi connectivity index (χ0n) is 7.38. The van der Waals surface area contributed by atoms with Gasteiger partial charge in [-0.1, -0.05) is 13.8 Å². The van der Waals surface area contributed by atoms with E-state index in [4.69, 9.17) is 4.74 Å². The number of rotatable bonds is 0. The second-order valence-electron chi connectivity index (χ2n) is 3.65. The van der Waals surface area contributed by atoms with E-state index >= 15 is 0 Å². The Labute approximate surface area is 103 Å². The van der Waals surface area contributed by atoms with Gasteiger partial charge in [-0.05, 0) is 19.9 Å². The van der Waals surface area contributed by atoms with Gasteiger partial charge in [-0.15, -0.1) is 48.0 Å². The van der Waals surface area contributed by atoms with Gasteiger partial charge >= 0.3 is 0 Å². The molecule has 0 amide bonds. The molecule has 0 N–H and O–H groups in total. The standard InChI is InChI=1S/C8H14O.2HI/c1-7(2)5-6-9-8(7,3)4;;/h5-6H,1-4H3;2*1H. The Bertz CT molecular complexity index is 150. The second kappa shape index (κ2) is 4.30. The van der Waals surface area contributed by atoms with Crippen molar-refractivity contribution in [2.75, 3.05) is 0 Å². The Morgan fingerprint density at radius 2 is 1.45 bits per heavy atom. The molecule has 0 aromatic rings. The van der Waals surface area contributed by atoms with Gasteiger partial charge in [0.15, 0.2) is 0 Å². The topological polar surface area (TPSA) is 9.23 Å². The highest BCUT2D eigenvalue weighted by Gasteiger charge is 2.39. The molecule has 1 aliphatic heterocycles. The smallest absolute Gasteiger partial charge is 0.111 e. The molecule has 0 unspecified atom stereocenters. The van der Waals surface area contributed by atoms with Gasteiger partial charge in [0.2, 0.25) is 0 Å². The molecule has 1 rings (SSSR count). The van der Waals surface area contributed by atoms with Crippen molar-refractivity contribution in [1.82, 2.24) is 0 Å². The van der Waals surface area contributed by atoms with E-state index in [1.54, 1.807) is 6.26 Å². The number of hydrogen-bond acceptors (Lipinski definition) is 1. The van der Waals surface area contributed by atoms with Crippen LogP contribution in [0.5, 0.6) is 0 Å². The van der Waals surface area contributed by atoms with Crippen LogP contribution in [0.1, 0.15) is 27.7 Å². The molecule has 3 heteroatoms. The van der Waals surface area contributed by atoms with Crippen molar-refractivity contribution in [2.45, 2.75) is 33.3 Å². The quantitative estimate of drug-likeness (QED) is 0.583. The maximum atomic E-state index is 5.38. The van der Waals surface area contributed by atoms with Gasteiger partial charge in [0, 0.05) is 5.41 Å². The van der Waals surface area contributed by atoms with Crippen molar-refractivity contribution in [3.05, 3.63) is 12.3 Å². The van der Waals surface area contributed by atoms with Crippen LogP contribution in [0.15, 0.2) is 12.3 Å². The van der Waals surface area contributed by atoms with Crippen LogP contribution in [0, 0.1) is 5.41 Å². The Balaban J connectivity index is 0. The second-order valence-corrected chi connectivity index (χ2v) is 3.65. The van der Waals surface area contributed by atoms with Crippen molar-refractivity contribution in [1.29, 1.82) is 0 Å². The molecule has 0 saturated heterocycles. The van der Waals surface area contributed by atoms with E-state index in [9.17, 15) is 0 Å². The summed E-state index contributed by atoms with van der Waals surface area (Å²) in [6.45, 7) is 8.56. The lowest BCUT2D eigenvalue weighted by atomic mass is 9.79. The lowest BCUT2D eigenvalue weighted by Crippen LogP contribution is -2.34. The van der Waals surface area contributed by atoms with Crippen molar-refractivity contribution in [3.63, 3.8) is 0 Å². The molecular weight excluding hydrogens is 366 g/mol. The molecule has 1 aliphatic rings. The van der Waals surface area contributed by atoms with E-state index in [2.05, 4.69) is 33.8 Å². The van der Waals surface area contributed by atoms with Crippen LogP contribution in [-0.4, -0.2) is 5.60 Å². The minimum atomic E-state index is -0.0208. The van der Waals surface area contributed by atoms with Gasteiger partial charge in [-0.25, -0.2) is 0 Å². The summed E-state index contributed by atoms with van der Waals surface area (Å²) in [5, 5.41) is 0. The molecule has 0 spiro atoms. The molecule has 0 aromatic heterocycles. The van der Waals surface area contributed by atoms with Crippen LogP contribution in [0.25, 0.3) is 0 Å². The molecule has 0 fully saturated rings. The predicted molar refractivity (Wildman–Crippen MR) is 68.9 cm³/mol. The fraction of sp³-hybridized carbons (Fsp3) is 0.750. The average molecular weight is 382 g/mol. The summed E-state index contributed by atoms with van der Waals surface area (Å²) in [5.41, 5.74) is 0.167. The van der Waals surface area contributed by atoms with Crippen molar-refractivity contribution in [3.8, 4) is 0 Å². The summed E-state index contributed by atoms with van der Waals surface area (Å²) >= 11 is 0. The monoisotopic (exact) mass is 382 g/mol. The molecule has 1 heterocycles. The maximum Gasteiger partial charge on any atom is 0.111 e. The Kier molecular flexibility index (Phi) is 5.67. The van der Waals surface area contributed by atoms with Crippen molar-refractivity contribution < 1.29 is 4.74 Å². The highest BCUT2D eigenvalue weighted by Crippen LogP contribution is 2.39. The summed E-state index contributed by atoms with van der Waals surface area (Å²) in [6.07, 6.45) is 3.90. The first kappa shape index (κ1) is 14.5. The third kappa shape index (κ3) is 2.75. The summed E-state index contributed by atoms with van der Waals surface area (Å²) in [4.78, 5) is 0. The summed E-state index contributed by atoms with van der Waals surface area (Å²) in [6, 6.07) is 0. The van der Waals surface area contributed by atoms with Gasteiger partial charge in [0.25, 0.3) is 0 Å². The largest absolute Gasteiger partial charge is 0.495 e. The lowest BCUT2D eigenvalue weighted by Gasteiger charge is -2.32. The number of ether oxygens (including phenoxy) is 1. The summed E-state index contributed by atoms with van der Waals surface area (Å²) in [7, 11) is 0. The predicted octanol–water partition coefficient (Wildman–Crippen LogP) is 3.57. The third-order valence-electron chi connectivity index (χ3n) is 2.40. The van der Waals surface area contributed by atoms with E-state index in [1.807, 2.05) is 0 Å². The van der Waals surface area contributed by atoms with Crippen LogP contribution in [0.3, 0.4) is 0 Å². The highest BCUT2D eigenvalue weighted by molar-refractivity contribution is 14.0. The van der Waals surface area contributed by atoms with Crippen molar-refractivity contribution in [2.24, 2.45) is 5.41 Å². The summed E-state index contributed by atoms with van der Waals surface area (Å²) in [5.74, 6) is 0. The first-order valence-electron chi connectivity index (χ1n) is 3.31. The third-order valence-corrected chi connectivity index (χ3v) is 2.40. The first-order valence-corrected chi connectivity index (χ1v) is 3.31. The minimum absolute atomic E-state index is 0. The van der Waals surface area contributed by atoms with Crippen molar-refractivity contribution >= 4 is 48.0 Å². The minimum Gasteiger partial charge on any atom is -0.495 e. The highest BCUT2D eigenvalue weighted by atomic mass is 127. The molecule has 0 aromatic carbocycles. The van der Waals surface area contributed by atoms with E-state index in [-0.39, 0.29) is 59.0 Å². The molecule has 11 heavy (non-hydrogen) atoms. The van der Waals surface area contributed by atoms with Gasteiger partial charge < -0.3 is 4.74 Å². The molecule has 0 radical (unpaired) electrons. The fourth-order valence-electron chi connectivity index (χ4n) is 0.727. The van der Waals surface area contributed by atoms with Crippen LogP contribution in [0.2, 0.25) is 0 Å². The first-order chi connectivity index (χ1) is 3.96. The molecule has 1 nitrogen and oxygen atoms in total. The van der Waals surface area contributed by atoms with Crippen LogP contribution in [0.4, 0.5) is 0 Å². The fourth-order valence-corrected chi connectivity index (χ4v) is 0.727. The van der Waals surface area contributed by atoms with Crippen LogP contribution < -0.4 is 0 Å². The van der Waals surface area contributed by atoms with E-state index in [1.165, 1.54) is 0 Å². The normalized spacial score (nSPS) is 22.9. The SMILES string of the molecule is CC1(C)C=COC1(C)C.I.I. The van der Waals surface area contributed by atoms with Gasteiger partial charge in [0.05, 0.1) is 6.26 Å². The average Bonchev–Trinajstić information content (AvgIpc) is 1.81. The Morgan fingerprint density at radius 1 is 1.00 bits per heavy atom. The summed E-state index contributed by atoms with van der Waals surface area (Å²) < 4.78 is 5.38.